The molecule has 10 heteroatoms. The quantitative estimate of drug-likeness (QED) is 0.339. The van der Waals surface area contributed by atoms with Crippen LogP contribution in [0.5, 0.6) is 5.75 Å². The van der Waals surface area contributed by atoms with Crippen molar-refractivity contribution < 1.29 is 9.30 Å². The molecule has 1 heterocycles. The molecule has 0 aliphatic rings. The maximum Gasteiger partial charge on any atom is 0.229 e. The van der Waals surface area contributed by atoms with E-state index < -0.39 is 7.14 Å². The SMILES string of the molecule is COc1cc(N)c(N)cc1Nc1ncc(Cl)c(Nc2ccccc2P(C)(C)=O)n1. The average Bonchev–Trinajstić information content (AvgIpc) is 2.66. The van der Waals surface area contributed by atoms with Crippen LogP contribution in [0.3, 0.4) is 0 Å². The highest BCUT2D eigenvalue weighted by molar-refractivity contribution is 7.70. The van der Waals surface area contributed by atoms with E-state index in [9.17, 15) is 4.57 Å². The van der Waals surface area contributed by atoms with Crippen LogP contribution in [-0.4, -0.2) is 30.4 Å². The number of para-hydroxylation sites is 1. The van der Waals surface area contributed by atoms with Crippen molar-refractivity contribution in [1.82, 2.24) is 9.97 Å². The van der Waals surface area contributed by atoms with Crippen molar-refractivity contribution in [2.45, 2.75) is 0 Å². The number of methoxy groups -OCH3 is 1. The third-order valence-electron chi connectivity index (χ3n) is 4.13. The lowest BCUT2D eigenvalue weighted by Crippen LogP contribution is -2.11. The summed E-state index contributed by atoms with van der Waals surface area (Å²) < 4.78 is 17.9. The van der Waals surface area contributed by atoms with Gasteiger partial charge in [-0.2, -0.15) is 4.98 Å². The van der Waals surface area contributed by atoms with E-state index in [0.717, 1.165) is 0 Å². The maximum atomic E-state index is 12.6. The van der Waals surface area contributed by atoms with Gasteiger partial charge < -0.3 is 31.4 Å². The van der Waals surface area contributed by atoms with Gasteiger partial charge in [-0.15, -0.1) is 0 Å². The van der Waals surface area contributed by atoms with Crippen LogP contribution in [0.4, 0.5) is 34.5 Å². The Labute approximate surface area is 174 Å². The Bertz CT molecular complexity index is 1100. The van der Waals surface area contributed by atoms with E-state index >= 15 is 0 Å². The molecule has 3 aromatic rings. The van der Waals surface area contributed by atoms with E-state index in [0.29, 0.717) is 44.6 Å². The molecule has 3 rings (SSSR count). The molecule has 0 aliphatic carbocycles. The van der Waals surface area contributed by atoms with Gasteiger partial charge in [0, 0.05) is 11.4 Å². The highest BCUT2D eigenvalue weighted by Gasteiger charge is 2.17. The lowest BCUT2D eigenvalue weighted by Gasteiger charge is -2.16. The zero-order valence-electron chi connectivity index (χ0n) is 16.2. The number of halogens is 1. The second kappa shape index (κ2) is 8.19. The Kier molecular flexibility index (Phi) is 5.86. The lowest BCUT2D eigenvalue weighted by molar-refractivity contribution is 0.417. The smallest absolute Gasteiger partial charge is 0.229 e. The van der Waals surface area contributed by atoms with Crippen LogP contribution in [0.15, 0.2) is 42.6 Å². The number of nitrogens with one attached hydrogen (secondary N) is 2. The third kappa shape index (κ3) is 4.72. The van der Waals surface area contributed by atoms with Gasteiger partial charge in [-0.05, 0) is 31.5 Å². The second-order valence-corrected chi connectivity index (χ2v) is 10.3. The molecule has 0 atom stereocenters. The number of benzene rings is 2. The van der Waals surface area contributed by atoms with E-state index in [2.05, 4.69) is 20.6 Å². The molecule has 0 radical (unpaired) electrons. The third-order valence-corrected chi connectivity index (χ3v) is 5.96. The molecule has 2 aromatic carbocycles. The first-order valence-electron chi connectivity index (χ1n) is 8.63. The Morgan fingerprint density at radius 2 is 1.76 bits per heavy atom. The summed E-state index contributed by atoms with van der Waals surface area (Å²) in [6.07, 6.45) is 1.46. The predicted octanol–water partition coefficient (Wildman–Crippen LogP) is 4.04. The first-order valence-corrected chi connectivity index (χ1v) is 11.6. The number of hydrogen-bond donors (Lipinski definition) is 4. The molecule has 0 aliphatic heterocycles. The van der Waals surface area contributed by atoms with Crippen molar-refractivity contribution in [2.24, 2.45) is 0 Å². The highest BCUT2D eigenvalue weighted by Crippen LogP contribution is 2.39. The Morgan fingerprint density at radius 3 is 2.45 bits per heavy atom. The summed E-state index contributed by atoms with van der Waals surface area (Å²) in [6.45, 7) is 3.42. The summed E-state index contributed by atoms with van der Waals surface area (Å²) in [4.78, 5) is 8.63. The standard InChI is InChI=1S/C19H22ClN6O2P/c1-28-16-9-13(22)12(21)8-15(16)25-19-23-10-11(20)18(26-19)24-14-6-4-5-7-17(14)29(2,3)27/h4-10H,21-22H2,1-3H3,(H2,23,24,25,26). The first kappa shape index (κ1) is 20.8. The van der Waals surface area contributed by atoms with Crippen LogP contribution in [0.25, 0.3) is 0 Å². The van der Waals surface area contributed by atoms with E-state index in [1.807, 2.05) is 24.3 Å². The van der Waals surface area contributed by atoms with Crippen molar-refractivity contribution in [2.75, 3.05) is 42.5 Å². The minimum atomic E-state index is -2.50. The summed E-state index contributed by atoms with van der Waals surface area (Å²) in [6, 6.07) is 10.6. The molecule has 6 N–H and O–H groups in total. The number of ether oxygens (including phenoxy) is 1. The van der Waals surface area contributed by atoms with Crippen molar-refractivity contribution in [3.05, 3.63) is 47.6 Å². The van der Waals surface area contributed by atoms with E-state index in [1.165, 1.54) is 13.3 Å². The molecular formula is C19H22ClN6O2P. The van der Waals surface area contributed by atoms with Crippen molar-refractivity contribution in [1.29, 1.82) is 0 Å². The van der Waals surface area contributed by atoms with Crippen LogP contribution in [0.1, 0.15) is 0 Å². The Morgan fingerprint density at radius 1 is 1.07 bits per heavy atom. The van der Waals surface area contributed by atoms with Crippen molar-refractivity contribution >= 4 is 58.6 Å². The van der Waals surface area contributed by atoms with Gasteiger partial charge in [0.2, 0.25) is 5.95 Å². The number of anilines is 6. The van der Waals surface area contributed by atoms with Crippen molar-refractivity contribution in [3.63, 3.8) is 0 Å². The Balaban J connectivity index is 1.95. The highest BCUT2D eigenvalue weighted by atomic mass is 35.5. The van der Waals surface area contributed by atoms with Gasteiger partial charge in [-0.25, -0.2) is 4.98 Å². The molecule has 0 amide bonds. The van der Waals surface area contributed by atoms with Gasteiger partial charge in [-0.3, -0.25) is 0 Å². The van der Waals surface area contributed by atoms with Crippen LogP contribution in [-0.2, 0) is 4.57 Å². The van der Waals surface area contributed by atoms with Gasteiger partial charge in [0.05, 0.1) is 36.1 Å². The average molecular weight is 433 g/mol. The van der Waals surface area contributed by atoms with Gasteiger partial charge in [-0.1, -0.05) is 23.7 Å². The number of hydrogen-bond acceptors (Lipinski definition) is 8. The number of nitrogens with zero attached hydrogens (tertiary/aromatic N) is 2. The summed E-state index contributed by atoms with van der Waals surface area (Å²) in [5.74, 6) is 1.13. The molecule has 0 spiro atoms. The molecule has 0 fully saturated rings. The largest absolute Gasteiger partial charge is 0.494 e. The van der Waals surface area contributed by atoms with Crippen molar-refractivity contribution in [3.8, 4) is 5.75 Å². The lowest BCUT2D eigenvalue weighted by atomic mass is 10.2. The van der Waals surface area contributed by atoms with Crippen LogP contribution >= 0.6 is 18.7 Å². The molecular weight excluding hydrogens is 411 g/mol. The topological polar surface area (TPSA) is 128 Å². The van der Waals surface area contributed by atoms with Gasteiger partial charge in [0.1, 0.15) is 17.9 Å². The summed E-state index contributed by atoms with van der Waals surface area (Å²) in [7, 11) is -0.978. The number of rotatable bonds is 6. The molecule has 0 bridgehead atoms. The molecule has 0 saturated heterocycles. The number of nitrogens with two attached hydrogens (primary N) is 2. The molecule has 29 heavy (non-hydrogen) atoms. The first-order chi connectivity index (χ1) is 13.7. The fourth-order valence-electron chi connectivity index (χ4n) is 2.69. The fraction of sp³-hybridized carbons (Fsp3) is 0.158. The van der Waals surface area contributed by atoms with Gasteiger partial charge in [0.15, 0.2) is 5.82 Å². The zero-order valence-corrected chi connectivity index (χ0v) is 17.9. The maximum absolute atomic E-state index is 12.6. The predicted molar refractivity (Wildman–Crippen MR) is 121 cm³/mol. The van der Waals surface area contributed by atoms with E-state index in [1.54, 1.807) is 25.5 Å². The van der Waals surface area contributed by atoms with E-state index in [4.69, 9.17) is 27.8 Å². The molecule has 8 nitrogen and oxygen atoms in total. The van der Waals surface area contributed by atoms with Gasteiger partial charge in [0.25, 0.3) is 0 Å². The zero-order chi connectivity index (χ0) is 21.2. The Hall–Kier alpha value is -2.96. The summed E-state index contributed by atoms with van der Waals surface area (Å²) >= 11 is 6.27. The minimum Gasteiger partial charge on any atom is -0.494 e. The second-order valence-electron chi connectivity index (χ2n) is 6.69. The molecule has 0 unspecified atom stereocenters. The normalized spacial score (nSPS) is 11.2. The number of aromatic nitrogens is 2. The minimum absolute atomic E-state index is 0.271. The van der Waals surface area contributed by atoms with Crippen LogP contribution in [0.2, 0.25) is 5.02 Å². The molecule has 0 saturated carbocycles. The molecule has 152 valence electrons. The van der Waals surface area contributed by atoms with Gasteiger partial charge >= 0.3 is 0 Å². The van der Waals surface area contributed by atoms with Crippen LogP contribution < -0.4 is 32.1 Å². The monoisotopic (exact) mass is 432 g/mol. The summed E-state index contributed by atoms with van der Waals surface area (Å²) in [5.41, 5.74) is 13.7. The molecule has 1 aromatic heterocycles. The summed E-state index contributed by atoms with van der Waals surface area (Å²) in [5, 5.41) is 7.23. The van der Waals surface area contributed by atoms with E-state index in [-0.39, 0.29) is 5.95 Å². The fourth-order valence-corrected chi connectivity index (χ4v) is 3.98. The number of nitrogen functional groups attached to an aromatic ring is 2. The van der Waals surface area contributed by atoms with Crippen LogP contribution in [0, 0.1) is 0 Å².